The van der Waals surface area contributed by atoms with E-state index in [2.05, 4.69) is 132 Å². The highest BCUT2D eigenvalue weighted by Crippen LogP contribution is 2.41. The summed E-state index contributed by atoms with van der Waals surface area (Å²) in [5.41, 5.74) is 10.0. The second-order valence-corrected chi connectivity index (χ2v) is 12.1. The van der Waals surface area contributed by atoms with Gasteiger partial charge in [0.25, 0.3) is 0 Å². The highest BCUT2D eigenvalue weighted by molar-refractivity contribution is 7.26. The maximum Gasteiger partial charge on any atom is 0.160 e. The van der Waals surface area contributed by atoms with Crippen LogP contribution >= 0.6 is 11.3 Å². The normalized spacial score (nSPS) is 11.6. The van der Waals surface area contributed by atoms with Crippen LogP contribution in [0.4, 0.5) is 0 Å². The van der Waals surface area contributed by atoms with Crippen LogP contribution in [0.5, 0.6) is 0 Å². The largest absolute Gasteiger partial charge is 0.309 e. The van der Waals surface area contributed by atoms with E-state index in [1.807, 2.05) is 24.3 Å². The highest BCUT2D eigenvalue weighted by Gasteiger charge is 2.17. The summed E-state index contributed by atoms with van der Waals surface area (Å²) >= 11 is 1.77. The number of hydrogen-bond acceptors (Lipinski definition) is 3. The van der Waals surface area contributed by atoms with Crippen molar-refractivity contribution in [2.75, 3.05) is 0 Å². The van der Waals surface area contributed by atoms with Crippen molar-refractivity contribution in [2.45, 2.75) is 0 Å². The molecule has 0 aliphatic rings. The summed E-state index contributed by atoms with van der Waals surface area (Å²) < 4.78 is 4.69. The lowest BCUT2D eigenvalue weighted by atomic mass is 10.0. The SMILES string of the molecule is c1ccc(-c2nc(-c3ccccc3)c3sc4cc(-c5cccc(-n6c7ccccc7c7ccccc76)c5)ccc4c3n2)cc1. The molecule has 3 heterocycles. The van der Waals surface area contributed by atoms with Crippen LogP contribution in [0.3, 0.4) is 0 Å². The molecule has 0 aliphatic heterocycles. The third-order valence-corrected chi connectivity index (χ3v) is 9.56. The number of nitrogens with zero attached hydrogens (tertiary/aromatic N) is 3. The molecule has 9 rings (SSSR count). The van der Waals surface area contributed by atoms with Crippen LogP contribution < -0.4 is 0 Å². The van der Waals surface area contributed by atoms with Gasteiger partial charge in [0.1, 0.15) is 0 Å². The molecule has 0 atom stereocenters. The summed E-state index contributed by atoms with van der Waals surface area (Å²) in [6, 6.07) is 53.6. The Balaban J connectivity index is 1.22. The van der Waals surface area contributed by atoms with Gasteiger partial charge >= 0.3 is 0 Å². The Labute approximate surface area is 258 Å². The number of fused-ring (bicyclic) bond motifs is 6. The Kier molecular flexibility index (Phi) is 5.68. The molecule has 0 N–H and O–H groups in total. The third kappa shape index (κ3) is 3.96. The van der Waals surface area contributed by atoms with E-state index in [0.29, 0.717) is 0 Å². The molecule has 9 aromatic rings. The fourth-order valence-electron chi connectivity index (χ4n) is 6.35. The Morgan fingerprint density at radius 1 is 0.455 bits per heavy atom. The molecule has 0 spiro atoms. The molecular weight excluding hydrogens is 555 g/mol. The molecule has 0 amide bonds. The molecule has 206 valence electrons. The molecule has 0 aliphatic carbocycles. The zero-order chi connectivity index (χ0) is 29.0. The second kappa shape index (κ2) is 10.0. The average molecular weight is 580 g/mol. The molecule has 0 radical (unpaired) electrons. The van der Waals surface area contributed by atoms with Crippen molar-refractivity contribution in [2.24, 2.45) is 0 Å². The monoisotopic (exact) mass is 579 g/mol. The van der Waals surface area contributed by atoms with Crippen molar-refractivity contribution < 1.29 is 0 Å². The van der Waals surface area contributed by atoms with Gasteiger partial charge in [0.05, 0.1) is 26.9 Å². The minimum atomic E-state index is 0.750. The van der Waals surface area contributed by atoms with E-state index in [-0.39, 0.29) is 0 Å². The fourth-order valence-corrected chi connectivity index (χ4v) is 7.55. The summed E-state index contributed by atoms with van der Waals surface area (Å²) in [4.78, 5) is 10.2. The van der Waals surface area contributed by atoms with E-state index in [0.717, 1.165) is 43.9 Å². The number of thiophene rings is 1. The van der Waals surface area contributed by atoms with Crippen molar-refractivity contribution in [1.29, 1.82) is 0 Å². The summed E-state index contributed by atoms with van der Waals surface area (Å²) in [7, 11) is 0. The van der Waals surface area contributed by atoms with Crippen molar-refractivity contribution in [3.8, 4) is 39.5 Å². The molecule has 0 unspecified atom stereocenters. The summed E-state index contributed by atoms with van der Waals surface area (Å²) in [5, 5.41) is 3.69. The molecule has 0 saturated heterocycles. The topological polar surface area (TPSA) is 30.7 Å². The predicted octanol–water partition coefficient (Wildman–Crippen LogP) is 10.9. The van der Waals surface area contributed by atoms with Crippen LogP contribution in [0.25, 0.3) is 81.6 Å². The summed E-state index contributed by atoms with van der Waals surface area (Å²) in [6.07, 6.45) is 0. The molecule has 0 bridgehead atoms. The van der Waals surface area contributed by atoms with Gasteiger partial charge in [0.15, 0.2) is 5.82 Å². The lowest BCUT2D eigenvalue weighted by molar-refractivity contribution is 1.18. The minimum absolute atomic E-state index is 0.750. The van der Waals surface area contributed by atoms with E-state index in [1.165, 1.54) is 37.6 Å². The van der Waals surface area contributed by atoms with Gasteiger partial charge in [-0.05, 0) is 41.5 Å². The fraction of sp³-hybridized carbons (Fsp3) is 0. The van der Waals surface area contributed by atoms with E-state index in [9.17, 15) is 0 Å². The van der Waals surface area contributed by atoms with E-state index in [1.54, 1.807) is 11.3 Å². The van der Waals surface area contributed by atoms with Gasteiger partial charge in [0, 0.05) is 37.7 Å². The zero-order valence-corrected chi connectivity index (χ0v) is 24.5. The first-order valence-corrected chi connectivity index (χ1v) is 15.6. The summed E-state index contributed by atoms with van der Waals surface area (Å²) in [6.45, 7) is 0. The van der Waals surface area contributed by atoms with Crippen LogP contribution in [-0.4, -0.2) is 14.5 Å². The first-order chi connectivity index (χ1) is 21.8. The second-order valence-electron chi connectivity index (χ2n) is 11.0. The summed E-state index contributed by atoms with van der Waals surface area (Å²) in [5.74, 6) is 0.750. The van der Waals surface area contributed by atoms with Crippen LogP contribution in [0.15, 0.2) is 152 Å². The maximum absolute atomic E-state index is 5.12. The van der Waals surface area contributed by atoms with E-state index >= 15 is 0 Å². The highest BCUT2D eigenvalue weighted by atomic mass is 32.1. The smallest absolute Gasteiger partial charge is 0.160 e. The van der Waals surface area contributed by atoms with Gasteiger partial charge in [-0.15, -0.1) is 11.3 Å². The van der Waals surface area contributed by atoms with Crippen molar-refractivity contribution in [3.05, 3.63) is 152 Å². The Morgan fingerprint density at radius 2 is 1.07 bits per heavy atom. The van der Waals surface area contributed by atoms with Gasteiger partial charge < -0.3 is 4.57 Å². The van der Waals surface area contributed by atoms with Gasteiger partial charge in [-0.2, -0.15) is 0 Å². The molecule has 0 fully saturated rings. The van der Waals surface area contributed by atoms with Crippen molar-refractivity contribution in [3.63, 3.8) is 0 Å². The van der Waals surface area contributed by atoms with Crippen LogP contribution in [0.2, 0.25) is 0 Å². The number of rotatable bonds is 4. The maximum atomic E-state index is 5.12. The number of benzene rings is 6. The predicted molar refractivity (Wildman–Crippen MR) is 186 cm³/mol. The van der Waals surface area contributed by atoms with Crippen LogP contribution in [0, 0.1) is 0 Å². The van der Waals surface area contributed by atoms with Gasteiger partial charge in [-0.1, -0.05) is 121 Å². The molecule has 4 heteroatoms. The average Bonchev–Trinajstić information content (AvgIpc) is 3.64. The molecule has 3 nitrogen and oxygen atoms in total. The molecule has 6 aromatic carbocycles. The molecule has 0 saturated carbocycles. The molecule has 3 aromatic heterocycles. The Hall–Kier alpha value is -5.58. The number of aromatic nitrogens is 3. The van der Waals surface area contributed by atoms with Gasteiger partial charge in [-0.25, -0.2) is 9.97 Å². The van der Waals surface area contributed by atoms with Crippen molar-refractivity contribution in [1.82, 2.24) is 14.5 Å². The number of hydrogen-bond donors (Lipinski definition) is 0. The standard InChI is InChI=1S/C40H25N3S/c1-3-12-26(13-4-1)37-39-38(42-40(41-37)27-14-5-2-6-15-27)33-23-22-29(25-36(33)44-39)28-16-11-17-30(24-28)43-34-20-9-7-18-31(34)32-19-8-10-21-35(32)43/h1-25H. The van der Waals surface area contributed by atoms with E-state index < -0.39 is 0 Å². The first kappa shape index (κ1) is 25.0. The quantitative estimate of drug-likeness (QED) is 0.208. The van der Waals surface area contributed by atoms with Crippen molar-refractivity contribution >= 4 is 53.4 Å². The van der Waals surface area contributed by atoms with E-state index in [4.69, 9.17) is 9.97 Å². The first-order valence-electron chi connectivity index (χ1n) is 14.8. The Morgan fingerprint density at radius 3 is 1.80 bits per heavy atom. The number of para-hydroxylation sites is 2. The van der Waals surface area contributed by atoms with Crippen LogP contribution in [0.1, 0.15) is 0 Å². The Bertz CT molecular complexity index is 2440. The lowest BCUT2D eigenvalue weighted by Gasteiger charge is -2.10. The molecule has 44 heavy (non-hydrogen) atoms. The lowest BCUT2D eigenvalue weighted by Crippen LogP contribution is -1.94. The van der Waals surface area contributed by atoms with Gasteiger partial charge in [-0.3, -0.25) is 0 Å². The molecular formula is C40H25N3S. The van der Waals surface area contributed by atoms with Gasteiger partial charge in [0.2, 0.25) is 0 Å². The third-order valence-electron chi connectivity index (χ3n) is 8.41. The van der Waals surface area contributed by atoms with Crippen LogP contribution in [-0.2, 0) is 0 Å². The minimum Gasteiger partial charge on any atom is -0.309 e. The zero-order valence-electron chi connectivity index (χ0n) is 23.7.